The summed E-state index contributed by atoms with van der Waals surface area (Å²) >= 11 is 0. The highest BCUT2D eigenvalue weighted by molar-refractivity contribution is 5.88. The molecule has 17 heavy (non-hydrogen) atoms. The fourth-order valence-corrected chi connectivity index (χ4v) is 1.41. The van der Waals surface area contributed by atoms with Gasteiger partial charge in [-0.1, -0.05) is 0 Å². The van der Waals surface area contributed by atoms with Crippen LogP contribution in [0.25, 0.3) is 0 Å². The van der Waals surface area contributed by atoms with E-state index < -0.39 is 5.97 Å². The topological polar surface area (TPSA) is 49.8 Å². The predicted octanol–water partition coefficient (Wildman–Crippen LogP) is 2.25. The molecule has 0 unspecified atom stereocenters. The van der Waals surface area contributed by atoms with Crippen LogP contribution in [0.1, 0.15) is 24.2 Å². The number of hydrogen-bond acceptors (Lipinski definition) is 3. The van der Waals surface area contributed by atoms with Gasteiger partial charge < -0.3 is 14.7 Å². The number of carbonyl (C=O) groups is 1. The fraction of sp³-hybridized carbons (Fsp3) is 0.462. The van der Waals surface area contributed by atoms with E-state index in [4.69, 9.17) is 9.84 Å². The molecule has 0 fully saturated rings. The van der Waals surface area contributed by atoms with Crippen LogP contribution >= 0.6 is 0 Å². The molecule has 94 valence electrons. The Morgan fingerprint density at radius 2 is 1.94 bits per heavy atom. The minimum atomic E-state index is -0.901. The molecule has 0 aliphatic heterocycles. The first-order valence-electron chi connectivity index (χ1n) is 5.67. The van der Waals surface area contributed by atoms with Crippen LogP contribution in [0.15, 0.2) is 24.3 Å². The third-order valence-corrected chi connectivity index (χ3v) is 2.43. The normalized spacial score (nSPS) is 10.6. The monoisotopic (exact) mass is 237 g/mol. The Kier molecular flexibility index (Phi) is 4.97. The van der Waals surface area contributed by atoms with Gasteiger partial charge in [0.1, 0.15) is 0 Å². The molecule has 0 heterocycles. The van der Waals surface area contributed by atoms with Crippen molar-refractivity contribution in [1.29, 1.82) is 0 Å². The number of rotatable bonds is 6. The lowest BCUT2D eigenvalue weighted by Crippen LogP contribution is -2.23. The molecule has 0 saturated heterocycles. The second kappa shape index (κ2) is 6.25. The van der Waals surface area contributed by atoms with Gasteiger partial charge >= 0.3 is 5.97 Å². The first kappa shape index (κ1) is 13.5. The van der Waals surface area contributed by atoms with Crippen molar-refractivity contribution in [2.45, 2.75) is 20.0 Å². The molecule has 0 aliphatic carbocycles. The number of carboxylic acid groups (broad SMARTS) is 1. The second-order valence-corrected chi connectivity index (χ2v) is 4.19. The summed E-state index contributed by atoms with van der Waals surface area (Å²) in [6, 6.07) is 6.83. The molecule has 1 N–H and O–H groups in total. The second-order valence-electron chi connectivity index (χ2n) is 4.19. The molecular weight excluding hydrogens is 218 g/mol. The lowest BCUT2D eigenvalue weighted by Gasteiger charge is -2.20. The summed E-state index contributed by atoms with van der Waals surface area (Å²) in [7, 11) is 1.96. The molecule has 1 aromatic carbocycles. The SMILES string of the molecule is CC(C)OCCN(C)c1ccc(C(=O)O)cc1. The zero-order valence-electron chi connectivity index (χ0n) is 10.5. The van der Waals surface area contributed by atoms with Gasteiger partial charge in [0.05, 0.1) is 18.3 Å². The first-order valence-corrected chi connectivity index (χ1v) is 5.67. The van der Waals surface area contributed by atoms with Gasteiger partial charge in [0, 0.05) is 19.3 Å². The van der Waals surface area contributed by atoms with Crippen LogP contribution in [-0.2, 0) is 4.74 Å². The highest BCUT2D eigenvalue weighted by Crippen LogP contribution is 2.13. The summed E-state index contributed by atoms with van der Waals surface area (Å²) in [4.78, 5) is 12.7. The highest BCUT2D eigenvalue weighted by atomic mass is 16.5. The van der Waals surface area contributed by atoms with Crippen molar-refractivity contribution in [3.63, 3.8) is 0 Å². The summed E-state index contributed by atoms with van der Waals surface area (Å²) in [6.07, 6.45) is 0.234. The number of aromatic carboxylic acids is 1. The van der Waals surface area contributed by atoms with Crippen molar-refractivity contribution in [1.82, 2.24) is 0 Å². The van der Waals surface area contributed by atoms with Gasteiger partial charge in [-0.2, -0.15) is 0 Å². The van der Waals surface area contributed by atoms with E-state index in [0.717, 1.165) is 12.2 Å². The van der Waals surface area contributed by atoms with Crippen LogP contribution in [0.4, 0.5) is 5.69 Å². The van der Waals surface area contributed by atoms with E-state index in [-0.39, 0.29) is 6.10 Å². The number of ether oxygens (including phenoxy) is 1. The molecule has 0 spiro atoms. The van der Waals surface area contributed by atoms with E-state index in [2.05, 4.69) is 0 Å². The van der Waals surface area contributed by atoms with Crippen LogP contribution in [-0.4, -0.2) is 37.4 Å². The van der Waals surface area contributed by atoms with Gasteiger partial charge in [-0.15, -0.1) is 0 Å². The van der Waals surface area contributed by atoms with Crippen molar-refractivity contribution >= 4 is 11.7 Å². The Morgan fingerprint density at radius 3 is 2.41 bits per heavy atom. The Hall–Kier alpha value is -1.55. The maximum atomic E-state index is 10.7. The van der Waals surface area contributed by atoms with E-state index in [9.17, 15) is 4.79 Å². The van der Waals surface area contributed by atoms with Crippen LogP contribution < -0.4 is 4.90 Å². The molecule has 1 aromatic rings. The van der Waals surface area contributed by atoms with Crippen molar-refractivity contribution in [3.05, 3.63) is 29.8 Å². The lowest BCUT2D eigenvalue weighted by molar-refractivity contribution is 0.0696. The molecule has 0 aliphatic rings. The average molecular weight is 237 g/mol. The summed E-state index contributed by atoms with van der Waals surface area (Å²) in [5.74, 6) is -0.901. The summed E-state index contributed by atoms with van der Waals surface area (Å²) < 4.78 is 5.46. The van der Waals surface area contributed by atoms with E-state index in [1.165, 1.54) is 0 Å². The van der Waals surface area contributed by atoms with Crippen LogP contribution in [0, 0.1) is 0 Å². The number of nitrogens with zero attached hydrogens (tertiary/aromatic N) is 1. The highest BCUT2D eigenvalue weighted by Gasteiger charge is 2.04. The fourth-order valence-electron chi connectivity index (χ4n) is 1.41. The van der Waals surface area contributed by atoms with Gasteiger partial charge in [-0.3, -0.25) is 0 Å². The summed E-state index contributed by atoms with van der Waals surface area (Å²) in [5.41, 5.74) is 1.29. The Balaban J connectivity index is 2.51. The smallest absolute Gasteiger partial charge is 0.335 e. The molecule has 0 amide bonds. The zero-order valence-corrected chi connectivity index (χ0v) is 10.5. The van der Waals surface area contributed by atoms with Crippen LogP contribution in [0.5, 0.6) is 0 Å². The number of carboxylic acids is 1. The van der Waals surface area contributed by atoms with Crippen molar-refractivity contribution in [3.8, 4) is 0 Å². The van der Waals surface area contributed by atoms with Crippen LogP contribution in [0.3, 0.4) is 0 Å². The number of anilines is 1. The van der Waals surface area contributed by atoms with E-state index >= 15 is 0 Å². The van der Waals surface area contributed by atoms with Gasteiger partial charge in [-0.05, 0) is 38.1 Å². The molecule has 0 aromatic heterocycles. The van der Waals surface area contributed by atoms with E-state index in [1.54, 1.807) is 24.3 Å². The molecular formula is C13H19NO3. The van der Waals surface area contributed by atoms with Crippen LogP contribution in [0.2, 0.25) is 0 Å². The number of likely N-dealkylation sites (N-methyl/N-ethyl adjacent to an activating group) is 1. The largest absolute Gasteiger partial charge is 0.478 e. The molecule has 0 saturated carbocycles. The third kappa shape index (κ3) is 4.44. The molecule has 4 nitrogen and oxygen atoms in total. The molecule has 0 radical (unpaired) electrons. The van der Waals surface area contributed by atoms with Gasteiger partial charge in [0.25, 0.3) is 0 Å². The minimum absolute atomic E-state index is 0.234. The Bertz CT molecular complexity index is 359. The van der Waals surface area contributed by atoms with Crippen molar-refractivity contribution in [2.24, 2.45) is 0 Å². The van der Waals surface area contributed by atoms with E-state index in [0.29, 0.717) is 12.2 Å². The first-order chi connectivity index (χ1) is 8.00. The molecule has 1 rings (SSSR count). The Morgan fingerprint density at radius 1 is 1.35 bits per heavy atom. The van der Waals surface area contributed by atoms with Gasteiger partial charge in [-0.25, -0.2) is 4.79 Å². The average Bonchev–Trinajstić information content (AvgIpc) is 2.28. The van der Waals surface area contributed by atoms with E-state index in [1.807, 2.05) is 25.8 Å². The minimum Gasteiger partial charge on any atom is -0.478 e. The van der Waals surface area contributed by atoms with Crippen molar-refractivity contribution < 1.29 is 14.6 Å². The molecule has 4 heteroatoms. The van der Waals surface area contributed by atoms with Gasteiger partial charge in [0.15, 0.2) is 0 Å². The lowest BCUT2D eigenvalue weighted by atomic mass is 10.2. The Labute approximate surface area is 102 Å². The maximum absolute atomic E-state index is 10.7. The summed E-state index contributed by atoms with van der Waals surface area (Å²) in [6.45, 7) is 5.45. The quantitative estimate of drug-likeness (QED) is 0.824. The molecule has 0 atom stereocenters. The summed E-state index contributed by atoms with van der Waals surface area (Å²) in [5, 5.41) is 8.78. The standard InChI is InChI=1S/C13H19NO3/c1-10(2)17-9-8-14(3)12-6-4-11(5-7-12)13(15)16/h4-7,10H,8-9H2,1-3H3,(H,15,16). The zero-order chi connectivity index (χ0) is 12.8. The van der Waals surface area contributed by atoms with Crippen molar-refractivity contribution in [2.75, 3.05) is 25.1 Å². The predicted molar refractivity (Wildman–Crippen MR) is 67.8 cm³/mol. The number of hydrogen-bond donors (Lipinski definition) is 1. The number of benzene rings is 1. The molecule has 0 bridgehead atoms. The maximum Gasteiger partial charge on any atom is 0.335 e. The van der Waals surface area contributed by atoms with Gasteiger partial charge in [0.2, 0.25) is 0 Å². The third-order valence-electron chi connectivity index (χ3n) is 2.43.